The van der Waals surface area contributed by atoms with Gasteiger partial charge in [0, 0.05) is 17.1 Å². The first-order valence-corrected chi connectivity index (χ1v) is 6.94. The van der Waals surface area contributed by atoms with Crippen LogP contribution in [0.2, 0.25) is 5.02 Å². The van der Waals surface area contributed by atoms with Crippen molar-refractivity contribution in [3.8, 4) is 5.75 Å². The maximum Gasteiger partial charge on any atom is 0.119 e. The summed E-state index contributed by atoms with van der Waals surface area (Å²) >= 11 is 5.77. The quantitative estimate of drug-likeness (QED) is 0.712. The lowest BCUT2D eigenvalue weighted by atomic mass is 9.77. The standard InChI is InChI=1S/C14H20ClNO3/c15-11-2-4-13(5-3-11)19-9-12(18)8-16-14(10-17)6-1-7-14/h2-5,12,16-18H,1,6-10H2. The second-order valence-corrected chi connectivity index (χ2v) is 5.53. The van der Waals surface area contributed by atoms with E-state index < -0.39 is 6.10 Å². The molecular weight excluding hydrogens is 266 g/mol. The lowest BCUT2D eigenvalue weighted by molar-refractivity contribution is 0.0540. The molecule has 0 heterocycles. The third kappa shape index (κ3) is 4.08. The summed E-state index contributed by atoms with van der Waals surface area (Å²) in [6, 6.07) is 7.03. The maximum atomic E-state index is 9.85. The lowest BCUT2D eigenvalue weighted by Gasteiger charge is -2.41. The van der Waals surface area contributed by atoms with E-state index in [1.165, 1.54) is 0 Å². The van der Waals surface area contributed by atoms with Crippen molar-refractivity contribution in [1.82, 2.24) is 5.32 Å². The Labute approximate surface area is 118 Å². The van der Waals surface area contributed by atoms with Crippen molar-refractivity contribution in [2.24, 2.45) is 0 Å². The maximum absolute atomic E-state index is 9.85. The summed E-state index contributed by atoms with van der Waals surface area (Å²) in [5, 5.41) is 23.0. The molecule has 0 aromatic heterocycles. The van der Waals surface area contributed by atoms with Crippen molar-refractivity contribution in [1.29, 1.82) is 0 Å². The monoisotopic (exact) mass is 285 g/mol. The van der Waals surface area contributed by atoms with Gasteiger partial charge in [-0.15, -0.1) is 0 Å². The molecule has 1 atom stereocenters. The number of rotatable bonds is 7. The third-order valence-electron chi connectivity index (χ3n) is 3.58. The highest BCUT2D eigenvalue weighted by molar-refractivity contribution is 6.30. The fraction of sp³-hybridized carbons (Fsp3) is 0.571. The van der Waals surface area contributed by atoms with E-state index in [0.717, 1.165) is 19.3 Å². The molecule has 1 aromatic rings. The average Bonchev–Trinajstić information content (AvgIpc) is 2.37. The predicted molar refractivity (Wildman–Crippen MR) is 74.6 cm³/mol. The highest BCUT2D eigenvalue weighted by atomic mass is 35.5. The van der Waals surface area contributed by atoms with E-state index in [4.69, 9.17) is 16.3 Å². The number of aliphatic hydroxyl groups excluding tert-OH is 2. The molecule has 19 heavy (non-hydrogen) atoms. The van der Waals surface area contributed by atoms with Crippen LogP contribution < -0.4 is 10.1 Å². The third-order valence-corrected chi connectivity index (χ3v) is 3.83. The molecule has 0 amide bonds. The Kier molecular flexibility index (Phi) is 5.05. The van der Waals surface area contributed by atoms with Gasteiger partial charge in [-0.25, -0.2) is 0 Å². The van der Waals surface area contributed by atoms with Crippen LogP contribution in [0.5, 0.6) is 5.75 Å². The van der Waals surface area contributed by atoms with Gasteiger partial charge in [-0.1, -0.05) is 11.6 Å². The van der Waals surface area contributed by atoms with Crippen LogP contribution in [0.25, 0.3) is 0 Å². The van der Waals surface area contributed by atoms with Gasteiger partial charge < -0.3 is 20.3 Å². The number of β-amino-alcohol motifs (C(OH)–C–C–N with tert-alkyl or cyclic N) is 1. The van der Waals surface area contributed by atoms with Crippen LogP contribution in [0.15, 0.2) is 24.3 Å². The molecule has 1 fully saturated rings. The van der Waals surface area contributed by atoms with Crippen LogP contribution in [-0.4, -0.2) is 41.6 Å². The summed E-state index contributed by atoms with van der Waals surface area (Å²) in [7, 11) is 0. The molecule has 3 N–H and O–H groups in total. The highest BCUT2D eigenvalue weighted by Gasteiger charge is 2.35. The smallest absolute Gasteiger partial charge is 0.119 e. The van der Waals surface area contributed by atoms with Crippen molar-refractivity contribution in [2.45, 2.75) is 30.9 Å². The Morgan fingerprint density at radius 2 is 2.00 bits per heavy atom. The zero-order valence-corrected chi connectivity index (χ0v) is 11.6. The average molecular weight is 286 g/mol. The summed E-state index contributed by atoms with van der Waals surface area (Å²) in [5.41, 5.74) is -0.179. The van der Waals surface area contributed by atoms with Crippen molar-refractivity contribution >= 4 is 11.6 Å². The van der Waals surface area contributed by atoms with Crippen LogP contribution in [0, 0.1) is 0 Å². The molecule has 0 radical (unpaired) electrons. The van der Waals surface area contributed by atoms with Crippen LogP contribution in [0.4, 0.5) is 0 Å². The van der Waals surface area contributed by atoms with Crippen molar-refractivity contribution in [3.05, 3.63) is 29.3 Å². The van der Waals surface area contributed by atoms with Crippen molar-refractivity contribution in [3.63, 3.8) is 0 Å². The highest BCUT2D eigenvalue weighted by Crippen LogP contribution is 2.30. The molecule has 1 unspecified atom stereocenters. The fourth-order valence-corrected chi connectivity index (χ4v) is 2.24. The van der Waals surface area contributed by atoms with Gasteiger partial charge in [-0.3, -0.25) is 0 Å². The van der Waals surface area contributed by atoms with Crippen LogP contribution in [0.1, 0.15) is 19.3 Å². The van der Waals surface area contributed by atoms with Crippen molar-refractivity contribution < 1.29 is 14.9 Å². The van der Waals surface area contributed by atoms with E-state index in [9.17, 15) is 10.2 Å². The lowest BCUT2D eigenvalue weighted by Crippen LogP contribution is -2.56. The molecular formula is C14H20ClNO3. The number of ether oxygens (including phenoxy) is 1. The minimum Gasteiger partial charge on any atom is -0.491 e. The number of hydrogen-bond donors (Lipinski definition) is 3. The molecule has 0 spiro atoms. The van der Waals surface area contributed by atoms with Crippen molar-refractivity contribution in [2.75, 3.05) is 19.8 Å². The van der Waals surface area contributed by atoms with E-state index >= 15 is 0 Å². The first-order chi connectivity index (χ1) is 9.13. The summed E-state index contributed by atoms with van der Waals surface area (Å²) in [6.07, 6.45) is 2.47. The number of halogens is 1. The molecule has 4 nitrogen and oxygen atoms in total. The molecule has 0 saturated heterocycles. The number of hydrogen-bond acceptors (Lipinski definition) is 4. The van der Waals surface area contributed by atoms with Crippen LogP contribution in [-0.2, 0) is 0 Å². The molecule has 1 aliphatic rings. The zero-order valence-electron chi connectivity index (χ0n) is 10.8. The van der Waals surface area contributed by atoms with Gasteiger partial charge in [0.1, 0.15) is 18.5 Å². The Balaban J connectivity index is 1.69. The molecule has 1 saturated carbocycles. The number of benzene rings is 1. The predicted octanol–water partition coefficient (Wildman–Crippen LogP) is 1.58. The minimum absolute atomic E-state index is 0.123. The topological polar surface area (TPSA) is 61.7 Å². The summed E-state index contributed by atoms with van der Waals surface area (Å²) in [6.45, 7) is 0.766. The molecule has 0 aliphatic heterocycles. The number of aliphatic hydroxyl groups is 2. The van der Waals surface area contributed by atoms with Gasteiger partial charge in [0.15, 0.2) is 0 Å². The van der Waals surface area contributed by atoms with Crippen LogP contribution >= 0.6 is 11.6 Å². The fourth-order valence-electron chi connectivity index (χ4n) is 2.11. The van der Waals surface area contributed by atoms with E-state index in [-0.39, 0.29) is 18.8 Å². The van der Waals surface area contributed by atoms with Crippen LogP contribution in [0.3, 0.4) is 0 Å². The SMILES string of the molecule is OCC1(NCC(O)COc2ccc(Cl)cc2)CCC1. The van der Waals surface area contributed by atoms with Gasteiger partial charge in [-0.2, -0.15) is 0 Å². The number of nitrogens with one attached hydrogen (secondary N) is 1. The molecule has 2 rings (SSSR count). The second-order valence-electron chi connectivity index (χ2n) is 5.09. The zero-order chi connectivity index (χ0) is 13.7. The molecule has 5 heteroatoms. The summed E-state index contributed by atoms with van der Waals surface area (Å²) < 4.78 is 5.46. The Hall–Kier alpha value is -0.810. The molecule has 106 valence electrons. The first kappa shape index (κ1) is 14.6. The molecule has 1 aliphatic carbocycles. The van der Waals surface area contributed by atoms with Gasteiger partial charge in [0.2, 0.25) is 0 Å². The Morgan fingerprint density at radius 1 is 1.32 bits per heavy atom. The van der Waals surface area contributed by atoms with Gasteiger partial charge in [0.05, 0.1) is 6.61 Å². The Morgan fingerprint density at radius 3 is 2.53 bits per heavy atom. The van der Waals surface area contributed by atoms with Gasteiger partial charge in [-0.05, 0) is 43.5 Å². The largest absolute Gasteiger partial charge is 0.491 e. The minimum atomic E-state index is -0.597. The van der Waals surface area contributed by atoms with E-state index in [1.807, 2.05) is 0 Å². The Bertz CT molecular complexity index is 387. The van der Waals surface area contributed by atoms with Gasteiger partial charge >= 0.3 is 0 Å². The van der Waals surface area contributed by atoms with E-state index in [2.05, 4.69) is 5.32 Å². The normalized spacial score (nSPS) is 18.7. The molecule has 1 aromatic carbocycles. The van der Waals surface area contributed by atoms with Gasteiger partial charge in [0.25, 0.3) is 0 Å². The van der Waals surface area contributed by atoms with E-state index in [1.54, 1.807) is 24.3 Å². The molecule has 0 bridgehead atoms. The second kappa shape index (κ2) is 6.57. The summed E-state index contributed by atoms with van der Waals surface area (Å²) in [4.78, 5) is 0. The summed E-state index contributed by atoms with van der Waals surface area (Å²) in [5.74, 6) is 0.684. The first-order valence-electron chi connectivity index (χ1n) is 6.56. The van der Waals surface area contributed by atoms with E-state index in [0.29, 0.717) is 17.3 Å².